The van der Waals surface area contributed by atoms with Gasteiger partial charge < -0.3 is 18.8 Å². The van der Waals surface area contributed by atoms with Gasteiger partial charge in [0.05, 0.1) is 22.2 Å². The summed E-state index contributed by atoms with van der Waals surface area (Å²) in [5.74, 6) is 0. The smallest absolute Gasteiger partial charge is 0.399 e. The molecule has 0 atom stereocenters. The number of aromatic nitrogens is 1. The molecule has 1 saturated heterocycles. The molecule has 276 valence electrons. The minimum atomic E-state index is -0.429. The zero-order valence-electron chi connectivity index (χ0n) is 32.7. The molecule has 0 aliphatic carbocycles. The molecule has 57 heavy (non-hydrogen) atoms. The van der Waals surface area contributed by atoms with Crippen LogP contribution in [0.5, 0.6) is 0 Å². The first-order valence-corrected chi connectivity index (χ1v) is 19.8. The Balaban J connectivity index is 1.07. The first-order valence-electron chi connectivity index (χ1n) is 19.8. The highest BCUT2D eigenvalue weighted by molar-refractivity contribution is 6.62. The van der Waals surface area contributed by atoms with Crippen LogP contribution in [-0.4, -0.2) is 22.9 Å². The van der Waals surface area contributed by atoms with E-state index < -0.39 is 18.3 Å². The third-order valence-corrected chi connectivity index (χ3v) is 12.0. The Morgan fingerprint density at radius 1 is 0.439 bits per heavy atom. The van der Waals surface area contributed by atoms with Crippen LogP contribution in [0.4, 0.5) is 17.1 Å². The second-order valence-corrected chi connectivity index (χ2v) is 16.1. The van der Waals surface area contributed by atoms with Crippen molar-refractivity contribution in [2.75, 3.05) is 4.90 Å². The lowest BCUT2D eigenvalue weighted by Crippen LogP contribution is -2.41. The van der Waals surface area contributed by atoms with E-state index in [0.717, 1.165) is 39.3 Å². The van der Waals surface area contributed by atoms with Gasteiger partial charge in [-0.3, -0.25) is 0 Å². The van der Waals surface area contributed by atoms with Crippen LogP contribution in [0.3, 0.4) is 0 Å². The summed E-state index contributed by atoms with van der Waals surface area (Å²) in [6, 6.07) is 67.7. The van der Waals surface area contributed by atoms with Gasteiger partial charge >= 0.3 is 7.12 Å². The lowest BCUT2D eigenvalue weighted by atomic mass is 9.79. The second-order valence-electron chi connectivity index (χ2n) is 16.1. The number of hydrogen-bond acceptors (Lipinski definition) is 3. The van der Waals surface area contributed by atoms with E-state index in [1.165, 1.54) is 43.7 Å². The molecular formula is C52H43BN2O2. The van der Waals surface area contributed by atoms with Crippen molar-refractivity contribution in [1.29, 1.82) is 0 Å². The summed E-state index contributed by atoms with van der Waals surface area (Å²) in [5, 5.41) is 4.98. The SMILES string of the molecule is CC1(C)OB(c2ccc(N(c3ccc(-c4cccc5ccccc45)cc3)c3cccc(-c4ccc5c6ccccc6n(-c6ccccc6)c5c4)c3)cc2)OC1(C)C. The lowest BCUT2D eigenvalue weighted by molar-refractivity contribution is 0.00578. The minimum Gasteiger partial charge on any atom is -0.399 e. The Morgan fingerprint density at radius 3 is 1.77 bits per heavy atom. The normalized spacial score (nSPS) is 14.8. The Morgan fingerprint density at radius 2 is 1.02 bits per heavy atom. The van der Waals surface area contributed by atoms with Gasteiger partial charge in [-0.05, 0) is 127 Å². The predicted molar refractivity (Wildman–Crippen MR) is 240 cm³/mol. The average Bonchev–Trinajstić information content (AvgIpc) is 3.69. The summed E-state index contributed by atoms with van der Waals surface area (Å²) in [5.41, 5.74) is 11.6. The van der Waals surface area contributed by atoms with Crippen LogP contribution in [0.2, 0.25) is 0 Å². The van der Waals surface area contributed by atoms with E-state index in [4.69, 9.17) is 9.31 Å². The third kappa shape index (κ3) is 6.11. The van der Waals surface area contributed by atoms with Crippen LogP contribution >= 0.6 is 0 Å². The van der Waals surface area contributed by atoms with Gasteiger partial charge in [0, 0.05) is 33.5 Å². The van der Waals surface area contributed by atoms with Crippen molar-refractivity contribution >= 4 is 62.2 Å². The predicted octanol–water partition coefficient (Wildman–Crippen LogP) is 13.0. The molecule has 1 aromatic heterocycles. The molecule has 8 aromatic carbocycles. The third-order valence-electron chi connectivity index (χ3n) is 12.0. The molecule has 0 N–H and O–H groups in total. The fraction of sp³-hybridized carbons (Fsp3) is 0.115. The maximum absolute atomic E-state index is 6.42. The summed E-state index contributed by atoms with van der Waals surface area (Å²) in [7, 11) is -0.429. The maximum atomic E-state index is 6.42. The van der Waals surface area contributed by atoms with E-state index >= 15 is 0 Å². The van der Waals surface area contributed by atoms with Gasteiger partial charge in [0.2, 0.25) is 0 Å². The summed E-state index contributed by atoms with van der Waals surface area (Å²) in [4.78, 5) is 2.34. The van der Waals surface area contributed by atoms with Crippen molar-refractivity contribution in [2.45, 2.75) is 38.9 Å². The fourth-order valence-corrected chi connectivity index (χ4v) is 8.30. The fourth-order valence-electron chi connectivity index (χ4n) is 8.30. The topological polar surface area (TPSA) is 26.6 Å². The monoisotopic (exact) mass is 738 g/mol. The van der Waals surface area contributed by atoms with Crippen LogP contribution in [0.25, 0.3) is 60.5 Å². The highest BCUT2D eigenvalue weighted by Crippen LogP contribution is 2.41. The molecule has 0 bridgehead atoms. The number of anilines is 3. The van der Waals surface area contributed by atoms with Crippen LogP contribution in [0, 0.1) is 0 Å². The second kappa shape index (κ2) is 13.7. The summed E-state index contributed by atoms with van der Waals surface area (Å²) in [6.45, 7) is 8.38. The van der Waals surface area contributed by atoms with Crippen LogP contribution in [0.15, 0.2) is 188 Å². The zero-order chi connectivity index (χ0) is 38.7. The van der Waals surface area contributed by atoms with Gasteiger partial charge in [-0.2, -0.15) is 0 Å². The molecule has 0 amide bonds. The van der Waals surface area contributed by atoms with Crippen LogP contribution in [0.1, 0.15) is 27.7 Å². The van der Waals surface area contributed by atoms with Crippen molar-refractivity contribution in [1.82, 2.24) is 4.57 Å². The largest absolute Gasteiger partial charge is 0.494 e. The molecule has 10 rings (SSSR count). The van der Waals surface area contributed by atoms with E-state index in [1.54, 1.807) is 0 Å². The Kier molecular flexibility index (Phi) is 8.40. The quantitative estimate of drug-likeness (QED) is 0.152. The van der Waals surface area contributed by atoms with Gasteiger partial charge in [-0.25, -0.2) is 0 Å². The van der Waals surface area contributed by atoms with Gasteiger partial charge in [-0.15, -0.1) is 0 Å². The number of nitrogens with zero attached hydrogens (tertiary/aromatic N) is 2. The summed E-state index contributed by atoms with van der Waals surface area (Å²) in [6.07, 6.45) is 0. The number of benzene rings is 8. The highest BCUT2D eigenvalue weighted by atomic mass is 16.7. The number of hydrogen-bond donors (Lipinski definition) is 0. The van der Waals surface area contributed by atoms with Crippen LogP contribution in [-0.2, 0) is 9.31 Å². The Bertz CT molecular complexity index is 2890. The molecular weight excluding hydrogens is 695 g/mol. The summed E-state index contributed by atoms with van der Waals surface area (Å²) < 4.78 is 15.2. The molecule has 5 heteroatoms. The van der Waals surface area contributed by atoms with Gasteiger partial charge in [0.1, 0.15) is 0 Å². The molecule has 1 aliphatic heterocycles. The highest BCUT2D eigenvalue weighted by Gasteiger charge is 2.51. The average molecular weight is 739 g/mol. The van der Waals surface area contributed by atoms with Gasteiger partial charge in [0.15, 0.2) is 0 Å². The van der Waals surface area contributed by atoms with Crippen molar-refractivity contribution < 1.29 is 9.31 Å². The molecule has 1 aliphatic rings. The molecule has 2 heterocycles. The van der Waals surface area contributed by atoms with Crippen molar-refractivity contribution in [2.24, 2.45) is 0 Å². The van der Waals surface area contributed by atoms with E-state index in [1.807, 2.05) is 0 Å². The Hall–Kier alpha value is -6.40. The molecule has 0 spiro atoms. The van der Waals surface area contributed by atoms with E-state index in [0.29, 0.717) is 0 Å². The molecule has 0 saturated carbocycles. The summed E-state index contributed by atoms with van der Waals surface area (Å²) >= 11 is 0. The van der Waals surface area contributed by atoms with Crippen molar-refractivity contribution in [3.8, 4) is 27.9 Å². The van der Waals surface area contributed by atoms with Crippen molar-refractivity contribution in [3.05, 3.63) is 188 Å². The molecule has 1 fully saturated rings. The zero-order valence-corrected chi connectivity index (χ0v) is 32.7. The van der Waals surface area contributed by atoms with Crippen molar-refractivity contribution in [3.63, 3.8) is 0 Å². The van der Waals surface area contributed by atoms with E-state index in [-0.39, 0.29) is 0 Å². The maximum Gasteiger partial charge on any atom is 0.494 e. The molecule has 4 nitrogen and oxygen atoms in total. The minimum absolute atomic E-state index is 0.410. The number of fused-ring (bicyclic) bond motifs is 4. The van der Waals surface area contributed by atoms with Gasteiger partial charge in [0.25, 0.3) is 0 Å². The first kappa shape index (κ1) is 35.0. The molecule has 0 radical (unpaired) electrons. The molecule has 0 unspecified atom stereocenters. The number of para-hydroxylation sites is 2. The van der Waals surface area contributed by atoms with Crippen LogP contribution < -0.4 is 10.4 Å². The van der Waals surface area contributed by atoms with E-state index in [2.05, 4.69) is 225 Å². The van der Waals surface area contributed by atoms with Gasteiger partial charge in [-0.1, -0.05) is 127 Å². The standard InChI is InChI=1S/C52H43BN2O2/c1-51(2)52(3,4)57-53(56-51)40-27-31-43(32-28-40)54(42-29-24-37(25-30-42)46-22-13-15-36-14-8-9-20-45(36)46)44-19-12-16-38(34-44)39-26-33-48-47-21-10-11-23-49(47)55(50(48)35-39)41-17-6-5-7-18-41/h5-35H,1-4H3. The Labute approximate surface area is 334 Å². The lowest BCUT2D eigenvalue weighted by Gasteiger charge is -2.32. The first-order chi connectivity index (χ1) is 27.7. The number of rotatable bonds is 7. The van der Waals surface area contributed by atoms with E-state index in [9.17, 15) is 0 Å². The molecule has 9 aromatic rings.